The van der Waals surface area contributed by atoms with Crippen LogP contribution in [0.3, 0.4) is 0 Å². The van der Waals surface area contributed by atoms with Gasteiger partial charge in [-0.15, -0.1) is 0 Å². The molecule has 0 amide bonds. The van der Waals surface area contributed by atoms with Crippen LogP contribution in [0, 0.1) is 0 Å². The summed E-state index contributed by atoms with van der Waals surface area (Å²) in [5, 5.41) is 4.86. The van der Waals surface area contributed by atoms with Gasteiger partial charge in [0.1, 0.15) is 11.3 Å². The fourth-order valence-electron chi connectivity index (χ4n) is 1.55. The number of nitrogens with one attached hydrogen (secondary N) is 1. The summed E-state index contributed by atoms with van der Waals surface area (Å²) in [6, 6.07) is 7.76. The molecule has 2 rings (SSSR count). The Balaban J connectivity index is 2.09. The predicted octanol–water partition coefficient (Wildman–Crippen LogP) is 2.82. The lowest BCUT2D eigenvalue weighted by Crippen LogP contribution is -2.18. The quantitative estimate of drug-likeness (QED) is 0.815. The van der Waals surface area contributed by atoms with Gasteiger partial charge in [0.05, 0.1) is 18.2 Å². The minimum absolute atomic E-state index is 0.622. The van der Waals surface area contributed by atoms with Crippen molar-refractivity contribution in [2.24, 2.45) is 0 Å². The molecule has 0 saturated carbocycles. The van der Waals surface area contributed by atoms with Crippen LogP contribution in [0.1, 0.15) is 5.76 Å². The molecule has 3 nitrogen and oxygen atoms in total. The van der Waals surface area contributed by atoms with Gasteiger partial charge in [-0.05, 0) is 12.1 Å². The van der Waals surface area contributed by atoms with Crippen molar-refractivity contribution in [1.29, 1.82) is 0 Å². The van der Waals surface area contributed by atoms with Gasteiger partial charge < -0.3 is 14.5 Å². The van der Waals surface area contributed by atoms with Crippen LogP contribution in [-0.2, 0) is 11.3 Å². The Bertz CT molecular complexity index is 467. The third kappa shape index (κ3) is 2.38. The summed E-state index contributed by atoms with van der Waals surface area (Å²) in [6.45, 7) is 2.08. The summed E-state index contributed by atoms with van der Waals surface area (Å²) < 4.78 is 10.6. The highest BCUT2D eigenvalue weighted by molar-refractivity contribution is 6.36. The van der Waals surface area contributed by atoms with Gasteiger partial charge >= 0.3 is 0 Å². The molecule has 0 saturated heterocycles. The van der Waals surface area contributed by atoms with Crippen LogP contribution in [0.4, 0.5) is 0 Å². The number of methoxy groups -OCH3 is 1. The van der Waals surface area contributed by atoms with Crippen molar-refractivity contribution in [3.05, 3.63) is 35.0 Å². The smallest absolute Gasteiger partial charge is 0.137 e. The van der Waals surface area contributed by atoms with Gasteiger partial charge in [-0.1, -0.05) is 23.7 Å². The summed E-state index contributed by atoms with van der Waals surface area (Å²) in [6.07, 6.45) is 0. The molecule has 0 bridgehead atoms. The first-order valence-electron chi connectivity index (χ1n) is 5.18. The van der Waals surface area contributed by atoms with Crippen LogP contribution >= 0.6 is 11.6 Å². The van der Waals surface area contributed by atoms with Crippen molar-refractivity contribution in [2.45, 2.75) is 6.54 Å². The first kappa shape index (κ1) is 11.5. The molecule has 0 atom stereocenters. The number of hydrogen-bond donors (Lipinski definition) is 1. The molecule has 0 unspecified atom stereocenters. The zero-order chi connectivity index (χ0) is 11.4. The predicted molar refractivity (Wildman–Crippen MR) is 64.8 cm³/mol. The van der Waals surface area contributed by atoms with Gasteiger partial charge in [0.15, 0.2) is 0 Å². The number of rotatable bonds is 5. The maximum Gasteiger partial charge on any atom is 0.137 e. The number of furan rings is 1. The largest absolute Gasteiger partial charge is 0.458 e. The lowest BCUT2D eigenvalue weighted by molar-refractivity contribution is 0.198. The van der Waals surface area contributed by atoms with E-state index in [9.17, 15) is 0 Å². The second kappa shape index (κ2) is 5.34. The summed E-state index contributed by atoms with van der Waals surface area (Å²) in [5.41, 5.74) is 0.830. The number of ether oxygens (including phenoxy) is 1. The Morgan fingerprint density at radius 3 is 2.94 bits per heavy atom. The van der Waals surface area contributed by atoms with Gasteiger partial charge in [-0.25, -0.2) is 0 Å². The van der Waals surface area contributed by atoms with Gasteiger partial charge in [0, 0.05) is 19.0 Å². The van der Waals surface area contributed by atoms with Crippen LogP contribution in [0.15, 0.2) is 28.7 Å². The number of benzene rings is 1. The third-order valence-electron chi connectivity index (χ3n) is 2.37. The third-order valence-corrected chi connectivity index (χ3v) is 2.78. The molecule has 0 fully saturated rings. The molecule has 86 valence electrons. The van der Waals surface area contributed by atoms with Crippen molar-refractivity contribution < 1.29 is 9.15 Å². The van der Waals surface area contributed by atoms with Gasteiger partial charge in [0.2, 0.25) is 0 Å². The lowest BCUT2D eigenvalue weighted by atomic mass is 10.2. The molecule has 0 aliphatic heterocycles. The Morgan fingerprint density at radius 1 is 1.38 bits per heavy atom. The van der Waals surface area contributed by atoms with Crippen molar-refractivity contribution in [1.82, 2.24) is 5.32 Å². The molecule has 1 aromatic carbocycles. The zero-order valence-corrected chi connectivity index (χ0v) is 9.88. The summed E-state index contributed by atoms with van der Waals surface area (Å²) in [7, 11) is 1.68. The highest BCUT2D eigenvalue weighted by Gasteiger charge is 2.10. The maximum atomic E-state index is 6.20. The Hall–Kier alpha value is -1.03. The first-order chi connectivity index (χ1) is 7.83. The number of hydrogen-bond acceptors (Lipinski definition) is 3. The van der Waals surface area contributed by atoms with Crippen molar-refractivity contribution in [3.8, 4) is 0 Å². The van der Waals surface area contributed by atoms with E-state index in [4.69, 9.17) is 20.8 Å². The van der Waals surface area contributed by atoms with Crippen molar-refractivity contribution in [3.63, 3.8) is 0 Å². The molecule has 0 spiro atoms. The molecule has 0 aliphatic carbocycles. The van der Waals surface area contributed by atoms with E-state index >= 15 is 0 Å². The standard InChI is InChI=1S/C12H14ClNO2/c1-15-7-6-14-8-11-12(13)9-4-2-3-5-10(9)16-11/h2-5,14H,6-8H2,1H3. The topological polar surface area (TPSA) is 34.4 Å². The molecule has 16 heavy (non-hydrogen) atoms. The average Bonchev–Trinajstić information content (AvgIpc) is 2.63. The number of para-hydroxylation sites is 1. The van der Waals surface area contributed by atoms with E-state index < -0.39 is 0 Å². The molecular formula is C12H14ClNO2. The van der Waals surface area contributed by atoms with E-state index in [2.05, 4.69) is 5.32 Å². The monoisotopic (exact) mass is 239 g/mol. The summed E-state index contributed by atoms with van der Waals surface area (Å²) in [4.78, 5) is 0. The zero-order valence-electron chi connectivity index (χ0n) is 9.13. The molecule has 1 heterocycles. The minimum atomic E-state index is 0.622. The molecule has 2 aromatic rings. The summed E-state index contributed by atoms with van der Waals surface area (Å²) >= 11 is 6.20. The van der Waals surface area contributed by atoms with E-state index in [-0.39, 0.29) is 0 Å². The average molecular weight is 240 g/mol. The molecule has 1 N–H and O–H groups in total. The number of fused-ring (bicyclic) bond motifs is 1. The minimum Gasteiger partial charge on any atom is -0.458 e. The molecule has 0 radical (unpaired) electrons. The van der Waals surface area contributed by atoms with Crippen LogP contribution in [0.2, 0.25) is 5.02 Å². The van der Waals surface area contributed by atoms with E-state index in [1.54, 1.807) is 7.11 Å². The highest BCUT2D eigenvalue weighted by Crippen LogP contribution is 2.29. The number of halogens is 1. The highest BCUT2D eigenvalue weighted by atomic mass is 35.5. The normalized spacial score (nSPS) is 11.1. The van der Waals surface area contributed by atoms with Crippen LogP contribution in [-0.4, -0.2) is 20.3 Å². The maximum absolute atomic E-state index is 6.20. The fourth-order valence-corrected chi connectivity index (χ4v) is 1.82. The van der Waals surface area contributed by atoms with Crippen molar-refractivity contribution in [2.75, 3.05) is 20.3 Å². The van der Waals surface area contributed by atoms with Gasteiger partial charge in [-0.2, -0.15) is 0 Å². The molecule has 1 aromatic heterocycles. The van der Waals surface area contributed by atoms with E-state index in [0.717, 1.165) is 23.3 Å². The van der Waals surface area contributed by atoms with Gasteiger partial charge in [0.25, 0.3) is 0 Å². The SMILES string of the molecule is COCCNCc1oc2ccccc2c1Cl. The van der Waals surface area contributed by atoms with Crippen molar-refractivity contribution >= 4 is 22.6 Å². The fraction of sp³-hybridized carbons (Fsp3) is 0.333. The summed E-state index contributed by atoms with van der Waals surface area (Å²) in [5.74, 6) is 0.777. The van der Waals surface area contributed by atoms with E-state index in [0.29, 0.717) is 18.2 Å². The van der Waals surface area contributed by atoms with E-state index in [1.165, 1.54) is 0 Å². The second-order valence-electron chi connectivity index (χ2n) is 3.50. The van der Waals surface area contributed by atoms with E-state index in [1.807, 2.05) is 24.3 Å². The Labute approximate surface area is 99.3 Å². The Morgan fingerprint density at radius 2 is 2.19 bits per heavy atom. The van der Waals surface area contributed by atoms with Crippen LogP contribution < -0.4 is 5.32 Å². The molecular weight excluding hydrogens is 226 g/mol. The molecule has 0 aliphatic rings. The van der Waals surface area contributed by atoms with Crippen LogP contribution in [0.25, 0.3) is 11.0 Å². The van der Waals surface area contributed by atoms with Gasteiger partial charge in [-0.3, -0.25) is 0 Å². The first-order valence-corrected chi connectivity index (χ1v) is 5.56. The molecule has 4 heteroatoms. The van der Waals surface area contributed by atoms with Crippen LogP contribution in [0.5, 0.6) is 0 Å². The second-order valence-corrected chi connectivity index (χ2v) is 3.88. The Kier molecular flexibility index (Phi) is 3.83. The lowest BCUT2D eigenvalue weighted by Gasteiger charge is -2.01.